The molecule has 2 nitrogen and oxygen atoms in total. The summed E-state index contributed by atoms with van der Waals surface area (Å²) in [5, 5.41) is 0. The highest BCUT2D eigenvalue weighted by atomic mass is 28.2. The predicted molar refractivity (Wildman–Crippen MR) is 53.7 cm³/mol. The van der Waals surface area contributed by atoms with Crippen molar-refractivity contribution in [1.82, 2.24) is 0 Å². The van der Waals surface area contributed by atoms with Gasteiger partial charge < -0.3 is 4.74 Å². The molecule has 0 saturated heterocycles. The van der Waals surface area contributed by atoms with Crippen LogP contribution in [0.15, 0.2) is 23.4 Å². The van der Waals surface area contributed by atoms with Crippen molar-refractivity contribution in [3.8, 4) is 0 Å². The highest BCUT2D eigenvalue weighted by Crippen LogP contribution is 1.91. The molecule has 0 aromatic rings. The molecule has 0 unspecified atom stereocenters. The van der Waals surface area contributed by atoms with Crippen LogP contribution in [0.3, 0.4) is 0 Å². The Labute approximate surface area is 76.1 Å². The molecule has 3 heteroatoms. The maximum atomic E-state index is 10.9. The van der Waals surface area contributed by atoms with E-state index in [0.717, 1.165) is 0 Å². The summed E-state index contributed by atoms with van der Waals surface area (Å²) in [6.07, 6.45) is 0.580. The van der Waals surface area contributed by atoms with E-state index >= 15 is 0 Å². The Morgan fingerprint density at radius 3 is 2.50 bits per heavy atom. The van der Waals surface area contributed by atoms with E-state index in [9.17, 15) is 4.79 Å². The Hall–Kier alpha value is -0.833. The molecule has 0 radical (unpaired) electrons. The van der Waals surface area contributed by atoms with Crippen LogP contribution >= 0.6 is 0 Å². The first-order chi connectivity index (χ1) is 5.54. The molecule has 0 aromatic heterocycles. The molecule has 0 atom stereocenters. The maximum absolute atomic E-state index is 10.9. The Bertz CT molecular complexity index is 203. The van der Waals surface area contributed by atoms with E-state index in [0.29, 0.717) is 11.8 Å². The Balaban J connectivity index is 3.51. The third-order valence-corrected chi connectivity index (χ3v) is 2.80. The summed E-state index contributed by atoms with van der Waals surface area (Å²) in [5.41, 5.74) is 3.94. The maximum Gasteiger partial charge on any atom is 0.332 e. The number of ether oxygens (including phenoxy) is 1. The van der Waals surface area contributed by atoms with Crippen molar-refractivity contribution in [2.45, 2.75) is 20.8 Å². The summed E-state index contributed by atoms with van der Waals surface area (Å²) in [5.74, 6) is -0.273. The minimum absolute atomic E-state index is 0.273. The van der Waals surface area contributed by atoms with Gasteiger partial charge in [0, 0.05) is 5.57 Å². The lowest BCUT2D eigenvalue weighted by Gasteiger charge is -2.00. The van der Waals surface area contributed by atoms with Gasteiger partial charge in [-0.05, 0) is 20.8 Å². The number of esters is 1. The van der Waals surface area contributed by atoms with Gasteiger partial charge in [-0.15, -0.1) is 0 Å². The van der Waals surface area contributed by atoms with Crippen LogP contribution in [0, 0.1) is 0 Å². The van der Waals surface area contributed by atoms with Gasteiger partial charge in [0.2, 0.25) is 0 Å². The van der Waals surface area contributed by atoms with Crippen molar-refractivity contribution < 1.29 is 9.53 Å². The summed E-state index contributed by atoms with van der Waals surface area (Å²) in [4.78, 5) is 10.9. The molecule has 0 bridgehead atoms. The van der Waals surface area contributed by atoms with Crippen LogP contribution in [0.25, 0.3) is 0 Å². The number of carbonyl (C=O) groups excluding carboxylic acids is 1. The van der Waals surface area contributed by atoms with E-state index in [4.69, 9.17) is 4.74 Å². The smallest absolute Gasteiger partial charge is 0.332 e. The van der Waals surface area contributed by atoms with E-state index in [-0.39, 0.29) is 15.5 Å². The lowest BCUT2D eigenvalue weighted by atomic mass is 10.4. The second-order valence-corrected chi connectivity index (χ2v) is 4.38. The third kappa shape index (κ3) is 5.92. The number of hydrogen-bond donors (Lipinski definition) is 0. The van der Waals surface area contributed by atoms with Gasteiger partial charge in [0.15, 0.2) is 0 Å². The fourth-order valence-corrected chi connectivity index (χ4v) is 1.62. The van der Waals surface area contributed by atoms with Crippen LogP contribution in [0.2, 0.25) is 0 Å². The van der Waals surface area contributed by atoms with E-state index < -0.39 is 0 Å². The van der Waals surface area contributed by atoms with Gasteiger partial charge in [0.05, 0.1) is 15.7 Å². The average molecular weight is 184 g/mol. The Morgan fingerprint density at radius 1 is 1.50 bits per heavy atom. The van der Waals surface area contributed by atoms with Crippen LogP contribution < -0.4 is 0 Å². The second kappa shape index (κ2) is 5.77. The van der Waals surface area contributed by atoms with Crippen LogP contribution in [0.1, 0.15) is 20.8 Å². The summed E-state index contributed by atoms with van der Waals surface area (Å²) < 4.78 is 4.93. The molecule has 12 heavy (non-hydrogen) atoms. The van der Waals surface area contributed by atoms with Crippen LogP contribution in [-0.2, 0) is 9.53 Å². The first-order valence-corrected chi connectivity index (χ1v) is 5.81. The molecule has 0 rings (SSSR count). The van der Waals surface area contributed by atoms with Gasteiger partial charge >= 0.3 is 5.97 Å². The van der Waals surface area contributed by atoms with Gasteiger partial charge in [-0.3, -0.25) is 0 Å². The number of allylic oxidation sites excluding steroid dienone is 1. The summed E-state index contributed by atoms with van der Waals surface area (Å²) >= 11 is 0. The van der Waals surface area contributed by atoms with E-state index in [1.165, 1.54) is 5.57 Å². The van der Waals surface area contributed by atoms with E-state index in [1.807, 2.05) is 13.8 Å². The van der Waals surface area contributed by atoms with Crippen molar-refractivity contribution in [3.05, 3.63) is 23.4 Å². The van der Waals surface area contributed by atoms with E-state index in [2.05, 4.69) is 12.3 Å². The molecule has 0 aliphatic rings. The zero-order valence-electron chi connectivity index (χ0n) is 8.02. The highest BCUT2D eigenvalue weighted by molar-refractivity contribution is 6.42. The molecule has 0 aromatic carbocycles. The summed E-state index contributed by atoms with van der Waals surface area (Å²) in [6, 6.07) is 0. The molecule has 0 aliphatic carbocycles. The fraction of sp³-hybridized carbons (Fsp3) is 0.444. The number of hydrogen-bond acceptors (Lipinski definition) is 2. The molecule has 0 amide bonds. The van der Waals surface area contributed by atoms with Crippen molar-refractivity contribution in [1.29, 1.82) is 0 Å². The van der Waals surface area contributed by atoms with Gasteiger partial charge in [0.1, 0.15) is 0 Å². The summed E-state index contributed by atoms with van der Waals surface area (Å²) in [7, 11) is -0.357. The molecule has 0 aliphatic heterocycles. The molecular weight excluding hydrogens is 168 g/mol. The van der Waals surface area contributed by atoms with Crippen molar-refractivity contribution in [3.63, 3.8) is 0 Å². The standard InChI is InChI=1S/C9H16O2Si/c1-7(2)5-12-6-11-9(10)8(3)4/h5H,3,6,12H2,1-2,4H3. The third-order valence-electron chi connectivity index (χ3n) is 1.25. The predicted octanol–water partition coefficient (Wildman–Crippen LogP) is 1.16. The minimum atomic E-state index is -0.357. The van der Waals surface area contributed by atoms with Crippen molar-refractivity contribution in [2.75, 3.05) is 6.23 Å². The van der Waals surface area contributed by atoms with Gasteiger partial charge in [0.25, 0.3) is 0 Å². The molecule has 68 valence electrons. The molecule has 0 saturated carbocycles. The van der Waals surface area contributed by atoms with Crippen LogP contribution in [-0.4, -0.2) is 21.7 Å². The van der Waals surface area contributed by atoms with Gasteiger partial charge in [-0.2, -0.15) is 0 Å². The quantitative estimate of drug-likeness (QED) is 0.284. The molecule has 0 heterocycles. The highest BCUT2D eigenvalue weighted by Gasteiger charge is 2.00. The normalized spacial score (nSPS) is 9.92. The Kier molecular flexibility index (Phi) is 5.37. The average Bonchev–Trinajstić information content (AvgIpc) is 1.97. The van der Waals surface area contributed by atoms with Crippen LogP contribution in [0.4, 0.5) is 0 Å². The van der Waals surface area contributed by atoms with Crippen LogP contribution in [0.5, 0.6) is 0 Å². The molecular formula is C9H16O2Si. The minimum Gasteiger partial charge on any atom is -0.466 e. The molecule has 0 N–H and O–H groups in total. The first-order valence-electron chi connectivity index (χ1n) is 4.00. The number of rotatable bonds is 4. The first kappa shape index (κ1) is 11.2. The fourth-order valence-electron chi connectivity index (χ4n) is 0.622. The van der Waals surface area contributed by atoms with Crippen molar-refractivity contribution in [2.24, 2.45) is 0 Å². The monoisotopic (exact) mass is 184 g/mol. The topological polar surface area (TPSA) is 26.3 Å². The van der Waals surface area contributed by atoms with E-state index in [1.54, 1.807) is 6.92 Å². The lowest BCUT2D eigenvalue weighted by Crippen LogP contribution is -2.10. The lowest BCUT2D eigenvalue weighted by molar-refractivity contribution is -0.137. The zero-order chi connectivity index (χ0) is 9.56. The zero-order valence-corrected chi connectivity index (χ0v) is 9.43. The Morgan fingerprint density at radius 2 is 2.08 bits per heavy atom. The van der Waals surface area contributed by atoms with Gasteiger partial charge in [-0.1, -0.05) is 17.9 Å². The SMILES string of the molecule is C=C(C)C(=O)OC[SiH2]C=C(C)C. The second-order valence-electron chi connectivity index (χ2n) is 2.99. The largest absolute Gasteiger partial charge is 0.466 e. The molecule has 0 fully saturated rings. The number of carbonyl (C=O) groups is 1. The van der Waals surface area contributed by atoms with Gasteiger partial charge in [-0.25, -0.2) is 4.79 Å². The summed E-state index contributed by atoms with van der Waals surface area (Å²) in [6.45, 7) is 9.25. The molecule has 0 spiro atoms. The van der Waals surface area contributed by atoms with Crippen molar-refractivity contribution >= 4 is 15.5 Å².